The van der Waals surface area contributed by atoms with E-state index in [1.54, 1.807) is 0 Å². The van der Waals surface area contributed by atoms with E-state index in [1.165, 1.54) is 32.1 Å². The highest BCUT2D eigenvalue weighted by atomic mass is 16.1. The number of rotatable bonds is 11. The van der Waals surface area contributed by atoms with Gasteiger partial charge >= 0.3 is 0 Å². The lowest BCUT2D eigenvalue weighted by atomic mass is 10.1. The first kappa shape index (κ1) is 17.4. The Morgan fingerprint density at radius 2 is 1.95 bits per heavy atom. The number of hydrogen-bond acceptors (Lipinski definition) is 3. The molecule has 1 fully saturated rings. The lowest BCUT2D eigenvalue weighted by Crippen LogP contribution is -2.40. The number of hydrogen-bond donors (Lipinski definition) is 2. The molecule has 0 aromatic carbocycles. The van der Waals surface area contributed by atoms with Gasteiger partial charge < -0.3 is 10.6 Å². The Labute approximate surface area is 124 Å². The first-order chi connectivity index (χ1) is 9.77. The van der Waals surface area contributed by atoms with Gasteiger partial charge in [0.1, 0.15) is 0 Å². The maximum Gasteiger partial charge on any atom is 0.220 e. The minimum absolute atomic E-state index is 0.216. The second-order valence-electron chi connectivity index (χ2n) is 5.81. The van der Waals surface area contributed by atoms with Gasteiger partial charge in [-0.2, -0.15) is 0 Å². The first-order valence-corrected chi connectivity index (χ1v) is 8.52. The molecule has 2 N–H and O–H groups in total. The Kier molecular flexibility index (Phi) is 9.67. The monoisotopic (exact) mass is 283 g/mol. The highest BCUT2D eigenvalue weighted by Gasteiger charge is 2.22. The van der Waals surface area contributed by atoms with Gasteiger partial charge in [-0.3, -0.25) is 9.69 Å². The van der Waals surface area contributed by atoms with Crippen molar-refractivity contribution in [2.45, 2.75) is 71.4 Å². The third-order valence-electron chi connectivity index (χ3n) is 4.03. The van der Waals surface area contributed by atoms with Crippen LogP contribution in [0.2, 0.25) is 0 Å². The van der Waals surface area contributed by atoms with Crippen LogP contribution in [0.3, 0.4) is 0 Å². The van der Waals surface area contributed by atoms with Crippen molar-refractivity contribution in [3.8, 4) is 0 Å². The van der Waals surface area contributed by atoms with Gasteiger partial charge in [0.25, 0.3) is 0 Å². The molecule has 1 saturated heterocycles. The van der Waals surface area contributed by atoms with Crippen LogP contribution in [0.25, 0.3) is 0 Å². The lowest BCUT2D eigenvalue weighted by Gasteiger charge is -2.24. The Morgan fingerprint density at radius 3 is 2.70 bits per heavy atom. The zero-order chi connectivity index (χ0) is 14.6. The first-order valence-electron chi connectivity index (χ1n) is 8.52. The average molecular weight is 283 g/mol. The van der Waals surface area contributed by atoms with Crippen LogP contribution in [0.5, 0.6) is 0 Å². The zero-order valence-corrected chi connectivity index (χ0v) is 13.4. The van der Waals surface area contributed by atoms with Crippen LogP contribution in [0.4, 0.5) is 0 Å². The molecule has 1 unspecified atom stereocenters. The van der Waals surface area contributed by atoms with E-state index >= 15 is 0 Å². The van der Waals surface area contributed by atoms with E-state index in [0.717, 1.165) is 39.0 Å². The van der Waals surface area contributed by atoms with E-state index in [2.05, 4.69) is 29.4 Å². The van der Waals surface area contributed by atoms with Crippen molar-refractivity contribution in [1.29, 1.82) is 0 Å². The molecule has 20 heavy (non-hydrogen) atoms. The topological polar surface area (TPSA) is 44.4 Å². The number of unbranched alkanes of at least 4 members (excludes halogenated alkanes) is 4. The third-order valence-corrected chi connectivity index (χ3v) is 4.03. The van der Waals surface area contributed by atoms with Gasteiger partial charge in [-0.25, -0.2) is 0 Å². The van der Waals surface area contributed by atoms with Crippen LogP contribution in [0.1, 0.15) is 65.2 Å². The molecule has 1 rings (SSSR count). The SMILES string of the molecule is CCCCCC(=O)NCCN1CCNC1CCCCC. The Balaban J connectivity index is 2.08. The summed E-state index contributed by atoms with van der Waals surface area (Å²) < 4.78 is 0. The molecule has 1 heterocycles. The van der Waals surface area contributed by atoms with Gasteiger partial charge in [0.2, 0.25) is 5.91 Å². The summed E-state index contributed by atoms with van der Waals surface area (Å²) in [7, 11) is 0. The maximum atomic E-state index is 11.6. The minimum Gasteiger partial charge on any atom is -0.355 e. The third kappa shape index (κ3) is 7.25. The summed E-state index contributed by atoms with van der Waals surface area (Å²) in [6.07, 6.45) is 9.69. The van der Waals surface area contributed by atoms with Crippen LogP contribution in [-0.2, 0) is 4.79 Å². The van der Waals surface area contributed by atoms with Crippen LogP contribution < -0.4 is 10.6 Å². The second-order valence-corrected chi connectivity index (χ2v) is 5.81. The molecule has 1 atom stereocenters. The number of carbonyl (C=O) groups is 1. The molecular formula is C16H33N3O. The molecule has 0 aliphatic carbocycles. The fraction of sp³-hybridized carbons (Fsp3) is 0.938. The van der Waals surface area contributed by atoms with Gasteiger partial charge in [0, 0.05) is 32.6 Å². The smallest absolute Gasteiger partial charge is 0.220 e. The number of amides is 1. The molecule has 4 heteroatoms. The molecule has 0 saturated carbocycles. The standard InChI is InChI=1S/C16H33N3O/c1-3-5-7-9-15-17-11-13-19(15)14-12-18-16(20)10-8-6-4-2/h15,17H,3-14H2,1-2H3,(H,18,20). The molecule has 1 aliphatic rings. The van der Waals surface area contributed by atoms with E-state index in [4.69, 9.17) is 0 Å². The second kappa shape index (κ2) is 11.1. The molecule has 0 spiro atoms. The van der Waals surface area contributed by atoms with E-state index in [0.29, 0.717) is 12.6 Å². The fourth-order valence-electron chi connectivity index (χ4n) is 2.76. The van der Waals surface area contributed by atoms with Crippen molar-refractivity contribution in [3.63, 3.8) is 0 Å². The minimum atomic E-state index is 0.216. The van der Waals surface area contributed by atoms with Crippen molar-refractivity contribution < 1.29 is 4.79 Å². The predicted octanol–water partition coefficient (Wildman–Crippen LogP) is 2.49. The highest BCUT2D eigenvalue weighted by molar-refractivity contribution is 5.75. The predicted molar refractivity (Wildman–Crippen MR) is 84.7 cm³/mol. The lowest BCUT2D eigenvalue weighted by molar-refractivity contribution is -0.121. The maximum absolute atomic E-state index is 11.6. The quantitative estimate of drug-likeness (QED) is 0.573. The van der Waals surface area contributed by atoms with Crippen molar-refractivity contribution in [2.75, 3.05) is 26.2 Å². The molecule has 0 aromatic heterocycles. The summed E-state index contributed by atoms with van der Waals surface area (Å²) >= 11 is 0. The Hall–Kier alpha value is -0.610. The van der Waals surface area contributed by atoms with E-state index in [9.17, 15) is 4.79 Å². The van der Waals surface area contributed by atoms with Crippen molar-refractivity contribution in [3.05, 3.63) is 0 Å². The van der Waals surface area contributed by atoms with Crippen LogP contribution in [0, 0.1) is 0 Å². The molecule has 0 bridgehead atoms. The average Bonchev–Trinajstić information content (AvgIpc) is 2.87. The van der Waals surface area contributed by atoms with E-state index in [1.807, 2.05) is 0 Å². The summed E-state index contributed by atoms with van der Waals surface area (Å²) in [6, 6.07) is 0. The van der Waals surface area contributed by atoms with Gasteiger partial charge in [-0.15, -0.1) is 0 Å². The fourth-order valence-corrected chi connectivity index (χ4v) is 2.76. The van der Waals surface area contributed by atoms with Gasteiger partial charge in [0.05, 0.1) is 6.17 Å². The van der Waals surface area contributed by atoms with E-state index in [-0.39, 0.29) is 5.91 Å². The molecule has 118 valence electrons. The van der Waals surface area contributed by atoms with Gasteiger partial charge in [-0.05, 0) is 12.8 Å². The van der Waals surface area contributed by atoms with Gasteiger partial charge in [-0.1, -0.05) is 46.0 Å². The van der Waals surface area contributed by atoms with Crippen molar-refractivity contribution >= 4 is 5.91 Å². The van der Waals surface area contributed by atoms with Gasteiger partial charge in [0.15, 0.2) is 0 Å². The van der Waals surface area contributed by atoms with Crippen LogP contribution in [-0.4, -0.2) is 43.2 Å². The molecule has 1 aliphatic heterocycles. The number of carbonyl (C=O) groups excluding carboxylic acids is 1. The van der Waals surface area contributed by atoms with Crippen LogP contribution >= 0.6 is 0 Å². The summed E-state index contributed by atoms with van der Waals surface area (Å²) in [5.41, 5.74) is 0. The Morgan fingerprint density at radius 1 is 1.20 bits per heavy atom. The highest BCUT2D eigenvalue weighted by Crippen LogP contribution is 2.11. The number of nitrogens with zero attached hydrogens (tertiary/aromatic N) is 1. The molecular weight excluding hydrogens is 250 g/mol. The summed E-state index contributed by atoms with van der Waals surface area (Å²) in [5, 5.41) is 6.61. The summed E-state index contributed by atoms with van der Waals surface area (Å²) in [6.45, 7) is 8.37. The van der Waals surface area contributed by atoms with E-state index < -0.39 is 0 Å². The van der Waals surface area contributed by atoms with Crippen molar-refractivity contribution in [2.24, 2.45) is 0 Å². The Bertz CT molecular complexity index is 258. The van der Waals surface area contributed by atoms with Crippen molar-refractivity contribution in [1.82, 2.24) is 15.5 Å². The normalized spacial score (nSPS) is 19.4. The molecule has 4 nitrogen and oxygen atoms in total. The molecule has 0 aromatic rings. The molecule has 0 radical (unpaired) electrons. The number of nitrogens with one attached hydrogen (secondary N) is 2. The van der Waals surface area contributed by atoms with Crippen LogP contribution in [0.15, 0.2) is 0 Å². The largest absolute Gasteiger partial charge is 0.355 e. The molecule has 1 amide bonds. The zero-order valence-electron chi connectivity index (χ0n) is 13.4. The summed E-state index contributed by atoms with van der Waals surface area (Å²) in [4.78, 5) is 14.1. The summed E-state index contributed by atoms with van der Waals surface area (Å²) in [5.74, 6) is 0.216.